The summed E-state index contributed by atoms with van der Waals surface area (Å²) in [5.41, 5.74) is 1.56. The van der Waals surface area contributed by atoms with E-state index in [1.165, 1.54) is 0 Å². The summed E-state index contributed by atoms with van der Waals surface area (Å²) in [4.78, 5) is 26.8. The Labute approximate surface area is 191 Å². The van der Waals surface area contributed by atoms with Gasteiger partial charge in [-0.15, -0.1) is 0 Å². The summed E-state index contributed by atoms with van der Waals surface area (Å²) in [5, 5.41) is 2.97. The maximum absolute atomic E-state index is 12.8. The fourth-order valence-corrected chi connectivity index (χ4v) is 3.81. The van der Waals surface area contributed by atoms with Crippen molar-refractivity contribution < 1.29 is 19.1 Å². The van der Waals surface area contributed by atoms with E-state index in [9.17, 15) is 9.59 Å². The second kappa shape index (κ2) is 11.0. The largest absolute Gasteiger partial charge is 0.493 e. The van der Waals surface area contributed by atoms with E-state index < -0.39 is 0 Å². The maximum atomic E-state index is 12.8. The molecule has 1 fully saturated rings. The molecule has 1 aliphatic rings. The third kappa shape index (κ3) is 6.34. The van der Waals surface area contributed by atoms with Crippen molar-refractivity contribution in [1.29, 1.82) is 0 Å². The van der Waals surface area contributed by atoms with Gasteiger partial charge in [0.05, 0.1) is 14.2 Å². The number of carbonyl (C=O) groups excluding carboxylic acids is 2. The van der Waals surface area contributed by atoms with Crippen LogP contribution < -0.4 is 14.8 Å². The van der Waals surface area contributed by atoms with Crippen molar-refractivity contribution in [2.75, 3.05) is 33.9 Å². The number of halogens is 1. The van der Waals surface area contributed by atoms with Crippen molar-refractivity contribution >= 4 is 33.8 Å². The van der Waals surface area contributed by atoms with Gasteiger partial charge < -0.3 is 19.7 Å². The minimum absolute atomic E-state index is 0.0131. The molecule has 1 saturated heterocycles. The van der Waals surface area contributed by atoms with Crippen molar-refractivity contribution in [1.82, 2.24) is 10.2 Å². The molecule has 1 N–H and O–H groups in total. The van der Waals surface area contributed by atoms with Gasteiger partial charge in [-0.25, -0.2) is 0 Å². The summed E-state index contributed by atoms with van der Waals surface area (Å²) < 4.78 is 11.5. The zero-order valence-corrected chi connectivity index (χ0v) is 19.4. The minimum atomic E-state index is -0.105. The molecule has 7 heteroatoms. The normalized spacial score (nSPS) is 14.5. The molecule has 0 unspecified atom stereocenters. The van der Waals surface area contributed by atoms with Crippen LogP contribution in [0.25, 0.3) is 6.08 Å². The van der Waals surface area contributed by atoms with E-state index in [0.29, 0.717) is 42.6 Å². The molecular formula is C24H27BrN2O4. The van der Waals surface area contributed by atoms with Crippen LogP contribution in [0.3, 0.4) is 0 Å². The first-order valence-corrected chi connectivity index (χ1v) is 11.0. The van der Waals surface area contributed by atoms with E-state index in [-0.39, 0.29) is 11.8 Å². The van der Waals surface area contributed by atoms with Crippen LogP contribution in [0.1, 0.15) is 28.8 Å². The van der Waals surface area contributed by atoms with Crippen molar-refractivity contribution in [2.24, 2.45) is 5.92 Å². The SMILES string of the molecule is COc1ccc(C(=O)N2CCC(CNC(=O)/C=C/c3ccc(Br)cc3)CC2)cc1OC. The number of rotatable bonds is 7. The van der Waals surface area contributed by atoms with Gasteiger partial charge in [0.2, 0.25) is 5.91 Å². The van der Waals surface area contributed by atoms with Crippen molar-refractivity contribution in [3.8, 4) is 11.5 Å². The predicted octanol–water partition coefficient (Wildman–Crippen LogP) is 4.15. The zero-order chi connectivity index (χ0) is 22.2. The third-order valence-electron chi connectivity index (χ3n) is 5.39. The van der Waals surface area contributed by atoms with Gasteiger partial charge in [0.15, 0.2) is 11.5 Å². The molecule has 0 aromatic heterocycles. The lowest BCUT2D eigenvalue weighted by Crippen LogP contribution is -2.41. The molecule has 1 heterocycles. The molecule has 2 aromatic carbocycles. The van der Waals surface area contributed by atoms with E-state index >= 15 is 0 Å². The Hall–Kier alpha value is -2.80. The van der Waals surface area contributed by atoms with E-state index in [0.717, 1.165) is 22.9 Å². The average molecular weight is 487 g/mol. The highest BCUT2D eigenvalue weighted by molar-refractivity contribution is 9.10. The summed E-state index contributed by atoms with van der Waals surface area (Å²) in [6.45, 7) is 1.95. The molecule has 0 atom stereocenters. The second-order valence-corrected chi connectivity index (χ2v) is 8.35. The number of nitrogens with zero attached hydrogens (tertiary/aromatic N) is 1. The molecular weight excluding hydrogens is 460 g/mol. The summed E-state index contributed by atoms with van der Waals surface area (Å²) in [7, 11) is 3.12. The summed E-state index contributed by atoms with van der Waals surface area (Å²) >= 11 is 3.39. The van der Waals surface area contributed by atoms with Gasteiger partial charge >= 0.3 is 0 Å². The molecule has 0 aliphatic carbocycles. The van der Waals surface area contributed by atoms with Crippen molar-refractivity contribution in [2.45, 2.75) is 12.8 Å². The van der Waals surface area contributed by atoms with E-state index in [4.69, 9.17) is 9.47 Å². The molecule has 2 aromatic rings. The van der Waals surface area contributed by atoms with Crippen LogP contribution in [0.4, 0.5) is 0 Å². The number of nitrogens with one attached hydrogen (secondary N) is 1. The molecule has 0 spiro atoms. The predicted molar refractivity (Wildman–Crippen MR) is 124 cm³/mol. The van der Waals surface area contributed by atoms with E-state index in [1.54, 1.807) is 44.6 Å². The van der Waals surface area contributed by atoms with Gasteiger partial charge in [0, 0.05) is 35.7 Å². The third-order valence-corrected chi connectivity index (χ3v) is 5.92. The smallest absolute Gasteiger partial charge is 0.253 e. The van der Waals surface area contributed by atoms with Gasteiger partial charge in [0.1, 0.15) is 0 Å². The number of amides is 2. The van der Waals surface area contributed by atoms with E-state index in [1.807, 2.05) is 29.2 Å². The molecule has 0 radical (unpaired) electrons. The van der Waals surface area contributed by atoms with Gasteiger partial charge in [-0.05, 0) is 60.7 Å². The van der Waals surface area contributed by atoms with Crippen molar-refractivity contribution in [3.05, 3.63) is 64.1 Å². The summed E-state index contributed by atoms with van der Waals surface area (Å²) in [6, 6.07) is 13.0. The first-order chi connectivity index (χ1) is 15.0. The highest BCUT2D eigenvalue weighted by atomic mass is 79.9. The standard InChI is InChI=1S/C24H27BrN2O4/c1-30-21-9-6-19(15-22(21)31-2)24(29)27-13-11-18(12-14-27)16-26-23(28)10-5-17-3-7-20(25)8-4-17/h3-10,15,18H,11-14,16H2,1-2H3,(H,26,28)/b10-5+. The highest BCUT2D eigenvalue weighted by Gasteiger charge is 2.24. The first kappa shape index (κ1) is 22.9. The Morgan fingerprint density at radius 3 is 2.39 bits per heavy atom. The maximum Gasteiger partial charge on any atom is 0.253 e. The molecule has 2 amide bonds. The van der Waals surface area contributed by atoms with Crippen LogP contribution >= 0.6 is 15.9 Å². The van der Waals surface area contributed by atoms with Crippen LogP contribution in [0.5, 0.6) is 11.5 Å². The highest BCUT2D eigenvalue weighted by Crippen LogP contribution is 2.28. The van der Waals surface area contributed by atoms with Gasteiger partial charge in [0.25, 0.3) is 5.91 Å². The van der Waals surface area contributed by atoms with Crippen LogP contribution in [-0.2, 0) is 4.79 Å². The van der Waals surface area contributed by atoms with Gasteiger partial charge in [-0.1, -0.05) is 28.1 Å². The Kier molecular flexibility index (Phi) is 8.12. The lowest BCUT2D eigenvalue weighted by Gasteiger charge is -2.32. The first-order valence-electron chi connectivity index (χ1n) is 10.2. The monoisotopic (exact) mass is 486 g/mol. The minimum Gasteiger partial charge on any atom is -0.493 e. The number of carbonyl (C=O) groups is 2. The number of hydrogen-bond donors (Lipinski definition) is 1. The van der Waals surface area contributed by atoms with Crippen LogP contribution in [0.2, 0.25) is 0 Å². The number of ether oxygens (including phenoxy) is 2. The second-order valence-electron chi connectivity index (χ2n) is 7.44. The number of methoxy groups -OCH3 is 2. The molecule has 3 rings (SSSR count). The molecule has 1 aliphatic heterocycles. The number of likely N-dealkylation sites (tertiary alicyclic amines) is 1. The molecule has 164 valence electrons. The molecule has 0 bridgehead atoms. The fraction of sp³-hybridized carbons (Fsp3) is 0.333. The molecule has 31 heavy (non-hydrogen) atoms. The Bertz CT molecular complexity index is 935. The Balaban J connectivity index is 1.45. The lowest BCUT2D eigenvalue weighted by atomic mass is 9.96. The fourth-order valence-electron chi connectivity index (χ4n) is 3.54. The lowest BCUT2D eigenvalue weighted by molar-refractivity contribution is -0.116. The number of benzene rings is 2. The van der Waals surface area contributed by atoms with Crippen LogP contribution in [0, 0.1) is 5.92 Å². The summed E-state index contributed by atoms with van der Waals surface area (Å²) in [6.07, 6.45) is 5.07. The van der Waals surface area contributed by atoms with Crippen molar-refractivity contribution in [3.63, 3.8) is 0 Å². The Morgan fingerprint density at radius 1 is 1.06 bits per heavy atom. The van der Waals surface area contributed by atoms with Gasteiger partial charge in [-0.3, -0.25) is 9.59 Å². The summed E-state index contributed by atoms with van der Waals surface area (Å²) in [5.74, 6) is 1.39. The zero-order valence-electron chi connectivity index (χ0n) is 17.8. The number of piperidine rings is 1. The number of hydrogen-bond acceptors (Lipinski definition) is 4. The van der Waals surface area contributed by atoms with Crippen LogP contribution in [0.15, 0.2) is 53.0 Å². The Morgan fingerprint density at radius 2 is 1.74 bits per heavy atom. The molecule has 0 saturated carbocycles. The topological polar surface area (TPSA) is 67.9 Å². The van der Waals surface area contributed by atoms with Crippen LogP contribution in [-0.4, -0.2) is 50.6 Å². The molecule has 6 nitrogen and oxygen atoms in total. The quantitative estimate of drug-likeness (QED) is 0.596. The average Bonchev–Trinajstić information content (AvgIpc) is 2.81. The van der Waals surface area contributed by atoms with Gasteiger partial charge in [-0.2, -0.15) is 0 Å². The van der Waals surface area contributed by atoms with E-state index in [2.05, 4.69) is 21.2 Å².